The summed E-state index contributed by atoms with van der Waals surface area (Å²) >= 11 is 4.98. The number of furan rings is 1. The molecule has 0 fully saturated rings. The van der Waals surface area contributed by atoms with Crippen molar-refractivity contribution in [2.45, 2.75) is 32.9 Å². The number of rotatable bonds is 7. The topological polar surface area (TPSA) is 95.8 Å². The van der Waals surface area contributed by atoms with Crippen LogP contribution in [0.25, 0.3) is 0 Å². The van der Waals surface area contributed by atoms with Gasteiger partial charge in [0.05, 0.1) is 6.26 Å². The van der Waals surface area contributed by atoms with Crippen molar-refractivity contribution >= 4 is 23.2 Å². The van der Waals surface area contributed by atoms with Crippen LogP contribution < -0.4 is 20.9 Å². The van der Waals surface area contributed by atoms with E-state index in [2.05, 4.69) is 30.0 Å². The van der Waals surface area contributed by atoms with E-state index in [1.54, 1.807) is 13.0 Å². The molecule has 1 aromatic heterocycles. The van der Waals surface area contributed by atoms with E-state index in [4.69, 9.17) is 21.4 Å². The molecule has 0 aliphatic carbocycles. The van der Waals surface area contributed by atoms with Gasteiger partial charge >= 0.3 is 0 Å². The molecule has 1 aromatic carbocycles. The Hall–Kier alpha value is -2.42. The fraction of sp³-hybridized carbons (Fsp3) is 0.333. The smallest absolute Gasteiger partial charge is 0.293 e. The number of hydrogen-bond acceptors (Lipinski definition) is 6. The first kappa shape index (κ1) is 19.9. The molecule has 1 unspecified atom stereocenters. The molecule has 0 aliphatic rings. The number of amides is 1. The van der Waals surface area contributed by atoms with Gasteiger partial charge in [0.15, 0.2) is 17.1 Å². The lowest BCUT2D eigenvalue weighted by molar-refractivity contribution is 0.0722. The summed E-state index contributed by atoms with van der Waals surface area (Å²) in [6.45, 7) is 5.98. The van der Waals surface area contributed by atoms with Gasteiger partial charge in [-0.15, -0.1) is 0 Å². The minimum absolute atomic E-state index is 0.00186. The highest BCUT2D eigenvalue weighted by atomic mass is 32.1. The number of aryl methyl sites for hydroxylation is 1. The summed E-state index contributed by atoms with van der Waals surface area (Å²) in [7, 11) is 0. The Balaban J connectivity index is 1.71. The van der Waals surface area contributed by atoms with Crippen LogP contribution in [-0.4, -0.2) is 29.0 Å². The quantitative estimate of drug-likeness (QED) is 0.334. The molecule has 1 atom stereocenters. The van der Waals surface area contributed by atoms with Crippen molar-refractivity contribution in [1.29, 1.82) is 0 Å². The number of aliphatic hydroxyl groups excluding tert-OH is 1. The number of carbonyl (C=O) groups excluding carboxylic acids is 1. The minimum atomic E-state index is -1.03. The summed E-state index contributed by atoms with van der Waals surface area (Å²) in [6.07, 6.45) is 0.397. The molecule has 2 aromatic rings. The van der Waals surface area contributed by atoms with E-state index >= 15 is 0 Å². The zero-order chi connectivity index (χ0) is 19.1. The predicted octanol–water partition coefficient (Wildman–Crippen LogP) is 2.22. The third kappa shape index (κ3) is 5.83. The Labute approximate surface area is 157 Å². The number of hydrogen-bond donors (Lipinski definition) is 4. The Morgan fingerprint density at radius 1 is 1.27 bits per heavy atom. The summed E-state index contributed by atoms with van der Waals surface area (Å²) in [5.41, 5.74) is 6.99. The maximum atomic E-state index is 11.9. The maximum absolute atomic E-state index is 11.9. The van der Waals surface area contributed by atoms with Gasteiger partial charge in [-0.2, -0.15) is 0 Å². The summed E-state index contributed by atoms with van der Waals surface area (Å²) in [5, 5.41) is 12.3. The molecule has 0 aliphatic heterocycles. The van der Waals surface area contributed by atoms with E-state index in [0.717, 1.165) is 0 Å². The van der Waals surface area contributed by atoms with Crippen molar-refractivity contribution in [3.63, 3.8) is 0 Å². The summed E-state index contributed by atoms with van der Waals surface area (Å²) in [5.74, 6) is 0.812. The van der Waals surface area contributed by atoms with Crippen molar-refractivity contribution in [2.24, 2.45) is 0 Å². The van der Waals surface area contributed by atoms with Gasteiger partial charge in [-0.25, -0.2) is 5.43 Å². The van der Waals surface area contributed by atoms with Gasteiger partial charge in [-0.3, -0.25) is 15.5 Å². The lowest BCUT2D eigenvalue weighted by Gasteiger charge is -2.16. The number of thiocarbonyl (C=S) groups is 1. The van der Waals surface area contributed by atoms with Gasteiger partial charge in [-0.1, -0.05) is 26.0 Å². The van der Waals surface area contributed by atoms with Crippen molar-refractivity contribution in [3.05, 3.63) is 53.5 Å². The molecular weight excluding hydrogens is 354 g/mol. The third-order valence-electron chi connectivity index (χ3n) is 3.60. The molecule has 1 amide bonds. The summed E-state index contributed by atoms with van der Waals surface area (Å²) in [4.78, 5) is 11.9. The van der Waals surface area contributed by atoms with E-state index < -0.39 is 12.1 Å². The highest BCUT2D eigenvalue weighted by Gasteiger charge is 2.14. The van der Waals surface area contributed by atoms with Crippen LogP contribution in [0.3, 0.4) is 0 Å². The average molecular weight is 377 g/mol. The summed E-state index contributed by atoms with van der Waals surface area (Å²) in [6, 6.07) is 9.36. The first-order valence-corrected chi connectivity index (χ1v) is 8.59. The molecule has 0 radical (unpaired) electrons. The zero-order valence-electron chi connectivity index (χ0n) is 14.9. The van der Waals surface area contributed by atoms with Crippen LogP contribution in [0.5, 0.6) is 5.75 Å². The molecule has 0 saturated heterocycles. The predicted molar refractivity (Wildman–Crippen MR) is 102 cm³/mol. The molecule has 2 rings (SSSR count). The maximum Gasteiger partial charge on any atom is 0.293 e. The van der Waals surface area contributed by atoms with Crippen molar-refractivity contribution in [2.75, 3.05) is 6.61 Å². The Kier molecular flexibility index (Phi) is 7.14. The molecule has 0 saturated carbocycles. The fourth-order valence-electron chi connectivity index (χ4n) is 2.11. The molecule has 8 heteroatoms. The van der Waals surface area contributed by atoms with Gasteiger partial charge in [0.1, 0.15) is 12.4 Å². The first-order valence-electron chi connectivity index (χ1n) is 8.18. The average Bonchev–Trinajstić information content (AvgIpc) is 3.04. The van der Waals surface area contributed by atoms with Gasteiger partial charge in [0.2, 0.25) is 0 Å². The van der Waals surface area contributed by atoms with Crippen LogP contribution in [0.15, 0.2) is 41.0 Å². The highest BCUT2D eigenvalue weighted by Crippen LogP contribution is 2.18. The highest BCUT2D eigenvalue weighted by molar-refractivity contribution is 7.80. The van der Waals surface area contributed by atoms with E-state index in [9.17, 15) is 9.90 Å². The second-order valence-electron chi connectivity index (χ2n) is 6.04. The number of nitrogens with one attached hydrogen (secondary N) is 3. The van der Waals surface area contributed by atoms with Crippen LogP contribution in [0, 0.1) is 6.92 Å². The fourth-order valence-corrected chi connectivity index (χ4v) is 2.26. The van der Waals surface area contributed by atoms with E-state index in [1.807, 2.05) is 24.3 Å². The van der Waals surface area contributed by atoms with Crippen LogP contribution >= 0.6 is 12.2 Å². The Morgan fingerprint density at radius 3 is 2.54 bits per heavy atom. The van der Waals surface area contributed by atoms with E-state index in [0.29, 0.717) is 17.2 Å². The van der Waals surface area contributed by atoms with Gasteiger partial charge < -0.3 is 14.3 Å². The first-order chi connectivity index (χ1) is 12.4. The lowest BCUT2D eigenvalue weighted by atomic mass is 10.0. The number of hydrazine groups is 1. The van der Waals surface area contributed by atoms with E-state index in [-0.39, 0.29) is 17.5 Å². The molecule has 0 bridgehead atoms. The molecule has 1 heterocycles. The van der Waals surface area contributed by atoms with Crippen molar-refractivity contribution in [3.8, 4) is 5.75 Å². The number of carbonyl (C=O) groups is 1. The van der Waals surface area contributed by atoms with Crippen molar-refractivity contribution < 1.29 is 19.1 Å². The van der Waals surface area contributed by atoms with Gasteiger partial charge in [0, 0.05) is 5.56 Å². The normalized spacial score (nSPS) is 11.9. The second kappa shape index (κ2) is 9.33. The summed E-state index contributed by atoms with van der Waals surface area (Å²) < 4.78 is 10.6. The molecule has 7 nitrogen and oxygen atoms in total. The monoisotopic (exact) mass is 377 g/mol. The minimum Gasteiger partial charge on any atom is -0.489 e. The molecule has 4 N–H and O–H groups in total. The second-order valence-corrected chi connectivity index (χ2v) is 6.44. The standard InChI is InChI=1S/C18H23N3O4S/c1-11(2)13-4-6-14(7-5-13)25-10-15(22)20-21-18(26)19-17(23)16-12(3)8-9-24-16/h4-9,11,15,20,22H,10H2,1-3H3,(H2,19,21,23,26). The van der Waals surface area contributed by atoms with Crippen LogP contribution in [0.1, 0.15) is 41.4 Å². The van der Waals surface area contributed by atoms with Gasteiger partial charge in [-0.05, 0) is 48.8 Å². The number of ether oxygens (including phenoxy) is 1. The lowest BCUT2D eigenvalue weighted by Crippen LogP contribution is -2.51. The zero-order valence-corrected chi connectivity index (χ0v) is 15.7. The van der Waals surface area contributed by atoms with Crippen molar-refractivity contribution in [1.82, 2.24) is 16.2 Å². The molecule has 26 heavy (non-hydrogen) atoms. The SMILES string of the molecule is Cc1ccoc1C(=O)NC(=S)NNC(O)COc1ccc(C(C)C)cc1. The van der Waals surface area contributed by atoms with Gasteiger partial charge in [0.25, 0.3) is 5.91 Å². The van der Waals surface area contributed by atoms with Crippen LogP contribution in [0.2, 0.25) is 0 Å². The third-order valence-corrected chi connectivity index (χ3v) is 3.81. The Bertz CT molecular complexity index is 743. The molecule has 140 valence electrons. The molecule has 0 spiro atoms. The number of benzene rings is 1. The Morgan fingerprint density at radius 2 is 1.96 bits per heavy atom. The van der Waals surface area contributed by atoms with E-state index in [1.165, 1.54) is 11.8 Å². The van der Waals surface area contributed by atoms with Crippen LogP contribution in [0.4, 0.5) is 0 Å². The van der Waals surface area contributed by atoms with Crippen LogP contribution in [-0.2, 0) is 0 Å². The largest absolute Gasteiger partial charge is 0.489 e. The molecular formula is C18H23N3O4S. The number of aliphatic hydroxyl groups is 1.